The molecule has 0 aliphatic heterocycles. The molecule has 0 radical (unpaired) electrons. The Hall–Kier alpha value is -0.900. The lowest BCUT2D eigenvalue weighted by molar-refractivity contribution is 0.275. The molecule has 0 spiro atoms. The molecule has 2 rings (SSSR count). The molecule has 0 bridgehead atoms. The highest BCUT2D eigenvalue weighted by Crippen LogP contribution is 2.25. The van der Waals surface area contributed by atoms with Crippen molar-refractivity contribution < 1.29 is 10.2 Å². The fourth-order valence-corrected chi connectivity index (χ4v) is 2.40. The van der Waals surface area contributed by atoms with Gasteiger partial charge in [-0.15, -0.1) is 0 Å². The van der Waals surface area contributed by atoms with Gasteiger partial charge >= 0.3 is 0 Å². The summed E-state index contributed by atoms with van der Waals surface area (Å²) in [5.74, 6) is 0. The van der Waals surface area contributed by atoms with Crippen molar-refractivity contribution >= 4 is 0 Å². The van der Waals surface area contributed by atoms with Crippen LogP contribution < -0.4 is 0 Å². The number of hydrogen-bond donors (Lipinski definition) is 2. The number of hydrogen-bond acceptors (Lipinski definition) is 3. The van der Waals surface area contributed by atoms with Crippen LogP contribution in [-0.2, 0) is 19.6 Å². The molecule has 0 aromatic heterocycles. The second-order valence-corrected chi connectivity index (χ2v) is 5.29. The zero-order valence-electron chi connectivity index (χ0n) is 11.1. The van der Waals surface area contributed by atoms with Crippen LogP contribution in [0, 0.1) is 0 Å². The van der Waals surface area contributed by atoms with E-state index in [1.54, 1.807) is 0 Å². The Morgan fingerprint density at radius 2 is 1.61 bits per heavy atom. The van der Waals surface area contributed by atoms with E-state index < -0.39 is 0 Å². The van der Waals surface area contributed by atoms with Crippen molar-refractivity contribution in [1.29, 1.82) is 0 Å². The van der Waals surface area contributed by atoms with Crippen LogP contribution in [0.4, 0.5) is 0 Å². The van der Waals surface area contributed by atoms with Crippen molar-refractivity contribution in [3.8, 4) is 0 Å². The molecule has 0 unspecified atom stereocenters. The van der Waals surface area contributed by atoms with Crippen LogP contribution in [0.1, 0.15) is 36.0 Å². The van der Waals surface area contributed by atoms with Gasteiger partial charge in [0.05, 0.1) is 13.2 Å². The number of benzene rings is 1. The molecular formula is C15H23NO2. The second-order valence-electron chi connectivity index (χ2n) is 5.29. The highest BCUT2D eigenvalue weighted by Gasteiger charge is 2.25. The lowest BCUT2D eigenvalue weighted by Crippen LogP contribution is -2.22. The number of aliphatic hydroxyl groups is 2. The van der Waals surface area contributed by atoms with Gasteiger partial charge in [0, 0.05) is 6.04 Å². The quantitative estimate of drug-likeness (QED) is 0.773. The van der Waals surface area contributed by atoms with Crippen LogP contribution in [0.5, 0.6) is 0 Å². The molecule has 1 aromatic rings. The van der Waals surface area contributed by atoms with E-state index >= 15 is 0 Å². The first-order chi connectivity index (χ1) is 8.72. The number of rotatable bonds is 7. The number of aryl methyl sites for hydroxylation is 1. The van der Waals surface area contributed by atoms with Crippen LogP contribution in [0.2, 0.25) is 0 Å². The summed E-state index contributed by atoms with van der Waals surface area (Å²) < 4.78 is 0. The molecular weight excluding hydrogens is 226 g/mol. The van der Waals surface area contributed by atoms with Crippen LogP contribution in [0.25, 0.3) is 0 Å². The van der Waals surface area contributed by atoms with Gasteiger partial charge in [-0.25, -0.2) is 0 Å². The molecule has 3 nitrogen and oxygen atoms in total. The normalized spacial score (nSPS) is 15.3. The maximum absolute atomic E-state index is 9.19. The Balaban J connectivity index is 1.87. The first-order valence-electron chi connectivity index (χ1n) is 6.76. The predicted molar refractivity (Wildman–Crippen MR) is 72.3 cm³/mol. The summed E-state index contributed by atoms with van der Waals surface area (Å²) in [6, 6.07) is 6.76. The summed E-state index contributed by atoms with van der Waals surface area (Å²) in [6.07, 6.45) is 4.85. The maximum atomic E-state index is 9.19. The molecule has 3 heteroatoms. The van der Waals surface area contributed by atoms with Gasteiger partial charge in [-0.2, -0.15) is 0 Å². The molecule has 0 heterocycles. The minimum absolute atomic E-state index is 0.0445. The van der Waals surface area contributed by atoms with Gasteiger partial charge < -0.3 is 15.1 Å². The third-order valence-corrected chi connectivity index (χ3v) is 3.62. The molecule has 1 saturated carbocycles. The molecule has 100 valence electrons. The highest BCUT2D eigenvalue weighted by molar-refractivity contribution is 5.29. The summed E-state index contributed by atoms with van der Waals surface area (Å²) in [6.45, 7) is 1.22. The molecule has 2 N–H and O–H groups in total. The monoisotopic (exact) mass is 249 g/mol. The van der Waals surface area contributed by atoms with Crippen LogP contribution in [0.15, 0.2) is 18.2 Å². The van der Waals surface area contributed by atoms with Crippen molar-refractivity contribution in [3.63, 3.8) is 0 Å². The molecule has 18 heavy (non-hydrogen) atoms. The van der Waals surface area contributed by atoms with E-state index in [1.165, 1.54) is 18.4 Å². The van der Waals surface area contributed by atoms with Gasteiger partial charge in [0.15, 0.2) is 0 Å². The first kappa shape index (κ1) is 13.5. The van der Waals surface area contributed by atoms with E-state index in [4.69, 9.17) is 0 Å². The molecule has 0 saturated heterocycles. The highest BCUT2D eigenvalue weighted by atomic mass is 16.3. The summed E-state index contributed by atoms with van der Waals surface area (Å²) in [7, 11) is 2.20. The summed E-state index contributed by atoms with van der Waals surface area (Å²) in [5, 5.41) is 18.4. The Kier molecular flexibility index (Phi) is 4.75. The van der Waals surface area contributed by atoms with Gasteiger partial charge in [-0.05, 0) is 56.0 Å². The van der Waals surface area contributed by atoms with E-state index in [0.29, 0.717) is 0 Å². The lowest BCUT2D eigenvalue weighted by atomic mass is 10.0. The summed E-state index contributed by atoms with van der Waals surface area (Å²) >= 11 is 0. The third kappa shape index (κ3) is 3.80. The number of nitrogens with zero attached hydrogens (tertiary/aromatic N) is 1. The van der Waals surface area contributed by atoms with Crippen molar-refractivity contribution in [2.75, 3.05) is 13.6 Å². The van der Waals surface area contributed by atoms with E-state index in [2.05, 4.69) is 11.9 Å². The zero-order valence-corrected chi connectivity index (χ0v) is 11.1. The van der Waals surface area contributed by atoms with Gasteiger partial charge in [0.2, 0.25) is 0 Å². The fraction of sp³-hybridized carbons (Fsp3) is 0.600. The SMILES string of the molecule is CN(CCCc1cc(CO)cc(CO)c1)C1CC1. The zero-order chi connectivity index (χ0) is 13.0. The van der Waals surface area contributed by atoms with Crippen LogP contribution in [-0.4, -0.2) is 34.7 Å². The average molecular weight is 249 g/mol. The van der Waals surface area contributed by atoms with Crippen molar-refractivity contribution in [1.82, 2.24) is 4.90 Å². The van der Waals surface area contributed by atoms with Gasteiger partial charge in [-0.3, -0.25) is 0 Å². The maximum Gasteiger partial charge on any atom is 0.0682 e. The summed E-state index contributed by atoms with van der Waals surface area (Å²) in [4.78, 5) is 2.43. The Labute approximate surface area is 109 Å². The van der Waals surface area contributed by atoms with E-state index in [9.17, 15) is 10.2 Å². The smallest absolute Gasteiger partial charge is 0.0682 e. The van der Waals surface area contributed by atoms with Gasteiger partial charge in [0.1, 0.15) is 0 Å². The van der Waals surface area contributed by atoms with E-state index in [-0.39, 0.29) is 13.2 Å². The molecule has 1 aliphatic carbocycles. The molecule has 0 atom stereocenters. The van der Waals surface area contributed by atoms with Gasteiger partial charge in [-0.1, -0.05) is 18.2 Å². The molecule has 1 aliphatic rings. The second kappa shape index (κ2) is 6.32. The number of aliphatic hydroxyl groups excluding tert-OH is 2. The Morgan fingerprint density at radius 1 is 1.06 bits per heavy atom. The minimum atomic E-state index is 0.0445. The Morgan fingerprint density at radius 3 is 2.11 bits per heavy atom. The first-order valence-corrected chi connectivity index (χ1v) is 6.76. The van der Waals surface area contributed by atoms with Crippen LogP contribution in [0.3, 0.4) is 0 Å². The Bertz CT molecular complexity index is 366. The van der Waals surface area contributed by atoms with Crippen molar-refractivity contribution in [2.24, 2.45) is 0 Å². The van der Waals surface area contributed by atoms with Crippen molar-refractivity contribution in [3.05, 3.63) is 34.9 Å². The van der Waals surface area contributed by atoms with Gasteiger partial charge in [0.25, 0.3) is 0 Å². The van der Waals surface area contributed by atoms with Crippen molar-refractivity contribution in [2.45, 2.75) is 44.9 Å². The van der Waals surface area contributed by atoms with Crippen LogP contribution >= 0.6 is 0 Å². The molecule has 0 amide bonds. The largest absolute Gasteiger partial charge is 0.392 e. The molecule has 1 aromatic carbocycles. The fourth-order valence-electron chi connectivity index (χ4n) is 2.40. The lowest BCUT2D eigenvalue weighted by Gasteiger charge is -2.15. The molecule has 1 fully saturated rings. The topological polar surface area (TPSA) is 43.7 Å². The third-order valence-electron chi connectivity index (χ3n) is 3.62. The standard InChI is InChI=1S/C15H23NO2/c1-16(15-4-5-15)6-2-3-12-7-13(10-17)9-14(8-12)11-18/h7-9,15,17-18H,2-6,10-11H2,1H3. The average Bonchev–Trinajstić information content (AvgIpc) is 3.22. The minimum Gasteiger partial charge on any atom is -0.392 e. The van der Waals surface area contributed by atoms with E-state index in [0.717, 1.165) is 36.6 Å². The summed E-state index contributed by atoms with van der Waals surface area (Å²) in [5.41, 5.74) is 3.01. The predicted octanol–water partition coefficient (Wildman–Crippen LogP) is 1.70. The van der Waals surface area contributed by atoms with E-state index in [1.807, 2.05) is 18.2 Å².